The third kappa shape index (κ3) is 5.71. The van der Waals surface area contributed by atoms with Gasteiger partial charge in [0.2, 0.25) is 15.9 Å². The average Bonchev–Trinajstić information content (AvgIpc) is 2.30. The number of rotatable bonds is 6. The molecule has 0 aliphatic heterocycles. The van der Waals surface area contributed by atoms with E-state index in [1.54, 1.807) is 13.0 Å². The third-order valence-corrected chi connectivity index (χ3v) is 4.51. The number of nitrogens with one attached hydrogen (secondary N) is 2. The molecular formula is C12H17BrN2O3S. The van der Waals surface area contributed by atoms with Gasteiger partial charge in [0.1, 0.15) is 0 Å². The number of carbonyl (C=O) groups excluding carboxylic acids is 1. The van der Waals surface area contributed by atoms with Crippen molar-refractivity contribution in [3.63, 3.8) is 0 Å². The Hall–Kier alpha value is -0.920. The van der Waals surface area contributed by atoms with Gasteiger partial charge in [0, 0.05) is 4.47 Å². The van der Waals surface area contributed by atoms with Crippen LogP contribution >= 0.6 is 15.9 Å². The summed E-state index contributed by atoms with van der Waals surface area (Å²) in [5.41, 5.74) is 1.68. The zero-order valence-corrected chi connectivity index (χ0v) is 13.3. The maximum Gasteiger partial charge on any atom is 0.239 e. The Balaban J connectivity index is 2.56. The Kier molecular flexibility index (Phi) is 5.96. The van der Waals surface area contributed by atoms with Crippen LogP contribution in [-0.4, -0.2) is 26.6 Å². The molecule has 0 aliphatic rings. The topological polar surface area (TPSA) is 75.3 Å². The number of hydrogen-bond acceptors (Lipinski definition) is 3. The van der Waals surface area contributed by atoms with Crippen molar-refractivity contribution in [2.24, 2.45) is 0 Å². The smallest absolute Gasteiger partial charge is 0.239 e. The Morgan fingerprint density at radius 3 is 2.63 bits per heavy atom. The molecule has 0 saturated carbocycles. The molecule has 0 heterocycles. The molecule has 0 unspecified atom stereocenters. The fourth-order valence-electron chi connectivity index (χ4n) is 1.43. The van der Waals surface area contributed by atoms with Gasteiger partial charge in [-0.25, -0.2) is 13.1 Å². The molecule has 7 heteroatoms. The number of benzene rings is 1. The van der Waals surface area contributed by atoms with Gasteiger partial charge in [0.25, 0.3) is 0 Å². The first kappa shape index (κ1) is 16.1. The van der Waals surface area contributed by atoms with Crippen LogP contribution in [0.15, 0.2) is 22.7 Å². The lowest BCUT2D eigenvalue weighted by Crippen LogP contribution is -2.34. The number of halogens is 1. The number of hydrogen-bond donors (Lipinski definition) is 2. The van der Waals surface area contributed by atoms with Crippen LogP contribution in [0.4, 0.5) is 5.69 Å². The Bertz CT molecular complexity index is 558. The molecular weight excluding hydrogens is 332 g/mol. The zero-order chi connectivity index (χ0) is 14.5. The number of anilines is 1. The van der Waals surface area contributed by atoms with E-state index < -0.39 is 15.9 Å². The molecule has 19 heavy (non-hydrogen) atoms. The first-order valence-corrected chi connectivity index (χ1v) is 8.32. The Labute approximate surface area is 122 Å². The molecule has 0 radical (unpaired) electrons. The first-order valence-electron chi connectivity index (χ1n) is 5.87. The summed E-state index contributed by atoms with van der Waals surface area (Å²) < 4.78 is 25.8. The van der Waals surface area contributed by atoms with Gasteiger partial charge in [0.15, 0.2) is 0 Å². The molecule has 1 aromatic carbocycles. The highest BCUT2D eigenvalue weighted by Crippen LogP contribution is 2.23. The van der Waals surface area contributed by atoms with Gasteiger partial charge in [-0.15, -0.1) is 0 Å². The monoisotopic (exact) mass is 348 g/mol. The van der Waals surface area contributed by atoms with Crippen LogP contribution < -0.4 is 10.0 Å². The molecule has 106 valence electrons. The summed E-state index contributed by atoms with van der Waals surface area (Å²) in [6.45, 7) is 3.45. The Morgan fingerprint density at radius 1 is 1.37 bits per heavy atom. The van der Waals surface area contributed by atoms with Gasteiger partial charge in [-0.1, -0.05) is 13.0 Å². The minimum atomic E-state index is -3.36. The van der Waals surface area contributed by atoms with E-state index in [1.807, 2.05) is 19.1 Å². The van der Waals surface area contributed by atoms with Gasteiger partial charge < -0.3 is 5.32 Å². The van der Waals surface area contributed by atoms with Gasteiger partial charge in [-0.3, -0.25) is 4.79 Å². The lowest BCUT2D eigenvalue weighted by Gasteiger charge is -2.09. The van der Waals surface area contributed by atoms with Crippen molar-refractivity contribution in [3.05, 3.63) is 28.2 Å². The molecule has 0 atom stereocenters. The molecule has 0 saturated heterocycles. The normalized spacial score (nSPS) is 11.3. The van der Waals surface area contributed by atoms with Gasteiger partial charge >= 0.3 is 0 Å². The fraction of sp³-hybridized carbons (Fsp3) is 0.417. The van der Waals surface area contributed by atoms with Crippen LogP contribution in [0.1, 0.15) is 18.9 Å². The van der Waals surface area contributed by atoms with E-state index in [0.29, 0.717) is 12.1 Å². The molecule has 1 rings (SSSR count). The van der Waals surface area contributed by atoms with Crippen molar-refractivity contribution in [1.82, 2.24) is 4.72 Å². The molecule has 0 aromatic heterocycles. The van der Waals surface area contributed by atoms with Gasteiger partial charge in [0.05, 0.1) is 18.0 Å². The van der Waals surface area contributed by atoms with Gasteiger partial charge in [-0.05, 0) is 47.0 Å². The summed E-state index contributed by atoms with van der Waals surface area (Å²) >= 11 is 3.34. The van der Waals surface area contributed by atoms with E-state index in [0.717, 1.165) is 10.0 Å². The van der Waals surface area contributed by atoms with E-state index in [9.17, 15) is 13.2 Å². The molecule has 0 fully saturated rings. The average molecular weight is 349 g/mol. The second kappa shape index (κ2) is 7.02. The van der Waals surface area contributed by atoms with Crippen molar-refractivity contribution in [2.75, 3.05) is 17.6 Å². The van der Waals surface area contributed by atoms with Gasteiger partial charge in [-0.2, -0.15) is 0 Å². The van der Waals surface area contributed by atoms with E-state index in [4.69, 9.17) is 0 Å². The van der Waals surface area contributed by atoms with Crippen LogP contribution in [-0.2, 0) is 14.8 Å². The van der Waals surface area contributed by atoms with E-state index in [2.05, 4.69) is 26.0 Å². The largest absolute Gasteiger partial charge is 0.324 e. The van der Waals surface area contributed by atoms with Crippen LogP contribution in [0.5, 0.6) is 0 Å². The number of carbonyl (C=O) groups is 1. The minimum Gasteiger partial charge on any atom is -0.324 e. The SMILES string of the molecule is CCCS(=O)(=O)NCC(=O)Nc1ccc(C)cc1Br. The lowest BCUT2D eigenvalue weighted by atomic mass is 10.2. The Morgan fingerprint density at radius 2 is 2.05 bits per heavy atom. The summed E-state index contributed by atoms with van der Waals surface area (Å²) in [6, 6.07) is 5.50. The summed E-state index contributed by atoms with van der Waals surface area (Å²) in [5.74, 6) is -0.377. The van der Waals surface area contributed by atoms with Crippen LogP contribution in [0.25, 0.3) is 0 Å². The van der Waals surface area contributed by atoms with Crippen LogP contribution in [0.3, 0.4) is 0 Å². The number of aryl methyl sites for hydroxylation is 1. The molecule has 1 aromatic rings. The quantitative estimate of drug-likeness (QED) is 0.825. The summed E-state index contributed by atoms with van der Waals surface area (Å²) in [5, 5.41) is 2.64. The van der Waals surface area contributed by atoms with Crippen molar-refractivity contribution >= 4 is 37.5 Å². The van der Waals surface area contributed by atoms with E-state index in [-0.39, 0.29) is 12.3 Å². The zero-order valence-electron chi connectivity index (χ0n) is 10.9. The molecule has 1 amide bonds. The summed E-state index contributed by atoms with van der Waals surface area (Å²) in [6.07, 6.45) is 0.514. The number of amides is 1. The minimum absolute atomic E-state index is 0.0223. The third-order valence-electron chi connectivity index (χ3n) is 2.32. The maximum absolute atomic E-state index is 11.6. The van der Waals surface area contributed by atoms with Crippen molar-refractivity contribution < 1.29 is 13.2 Å². The van der Waals surface area contributed by atoms with Crippen LogP contribution in [0, 0.1) is 6.92 Å². The van der Waals surface area contributed by atoms with Crippen LogP contribution in [0.2, 0.25) is 0 Å². The second-order valence-electron chi connectivity index (χ2n) is 4.17. The fourth-order valence-corrected chi connectivity index (χ4v) is 3.06. The highest BCUT2D eigenvalue weighted by molar-refractivity contribution is 9.10. The molecule has 5 nitrogen and oxygen atoms in total. The first-order chi connectivity index (χ1) is 8.84. The highest BCUT2D eigenvalue weighted by Gasteiger charge is 2.11. The van der Waals surface area contributed by atoms with Crippen molar-refractivity contribution in [3.8, 4) is 0 Å². The highest BCUT2D eigenvalue weighted by atomic mass is 79.9. The number of sulfonamides is 1. The molecule has 0 aliphatic carbocycles. The summed E-state index contributed by atoms with van der Waals surface area (Å²) in [7, 11) is -3.36. The predicted octanol–water partition coefficient (Wildman–Crippen LogP) is 2.03. The maximum atomic E-state index is 11.6. The lowest BCUT2D eigenvalue weighted by molar-refractivity contribution is -0.115. The summed E-state index contributed by atoms with van der Waals surface area (Å²) in [4.78, 5) is 11.6. The second-order valence-corrected chi connectivity index (χ2v) is 6.95. The predicted molar refractivity (Wildman–Crippen MR) is 79.6 cm³/mol. The van der Waals surface area contributed by atoms with Crippen molar-refractivity contribution in [1.29, 1.82) is 0 Å². The molecule has 0 bridgehead atoms. The standard InChI is InChI=1S/C12H17BrN2O3S/c1-3-6-19(17,18)14-8-12(16)15-11-5-4-9(2)7-10(11)13/h4-5,7,14H,3,6,8H2,1-2H3,(H,15,16). The molecule has 2 N–H and O–H groups in total. The van der Waals surface area contributed by atoms with E-state index >= 15 is 0 Å². The molecule has 0 spiro atoms. The van der Waals surface area contributed by atoms with E-state index in [1.165, 1.54) is 0 Å². The van der Waals surface area contributed by atoms with Crippen molar-refractivity contribution in [2.45, 2.75) is 20.3 Å².